The van der Waals surface area contributed by atoms with Crippen LogP contribution in [0.4, 0.5) is 5.69 Å². The number of hydrogen-bond donors (Lipinski definition) is 2. The molecule has 0 fully saturated rings. The van der Waals surface area contributed by atoms with Crippen molar-refractivity contribution >= 4 is 33.9 Å². The molecule has 0 atom stereocenters. The molecule has 0 radical (unpaired) electrons. The molecule has 5 rings (SSSR count). The van der Waals surface area contributed by atoms with Gasteiger partial charge in [-0.15, -0.1) is 0 Å². The highest BCUT2D eigenvalue weighted by Gasteiger charge is 2.18. The highest BCUT2D eigenvalue weighted by molar-refractivity contribution is 7.80. The monoisotopic (exact) mass is 485 g/mol. The molecule has 1 aromatic heterocycles. The Morgan fingerprint density at radius 3 is 2.69 bits per heavy atom. The zero-order chi connectivity index (χ0) is 24.4. The summed E-state index contributed by atoms with van der Waals surface area (Å²) >= 11 is 5.87. The van der Waals surface area contributed by atoms with Crippen molar-refractivity contribution in [1.82, 2.24) is 9.88 Å². The highest BCUT2D eigenvalue weighted by atomic mass is 32.1. The SMILES string of the molecule is CCc1ccccc1NC(=S)N(Cc1ccc2c(c1)OCO2)Cc1cc2cc(C)ccc2[nH]c1=O. The zero-order valence-corrected chi connectivity index (χ0v) is 20.6. The average molecular weight is 486 g/mol. The third-order valence-corrected chi connectivity index (χ3v) is 6.54. The van der Waals surface area contributed by atoms with Gasteiger partial charge >= 0.3 is 0 Å². The summed E-state index contributed by atoms with van der Waals surface area (Å²) in [5, 5.41) is 4.96. The summed E-state index contributed by atoms with van der Waals surface area (Å²) in [5.41, 5.74) is 5.65. The molecule has 0 amide bonds. The third-order valence-electron chi connectivity index (χ3n) is 6.18. The number of anilines is 1. The minimum atomic E-state index is -0.117. The van der Waals surface area contributed by atoms with Gasteiger partial charge in [-0.25, -0.2) is 0 Å². The Hall–Kier alpha value is -3.84. The molecule has 6 nitrogen and oxygen atoms in total. The smallest absolute Gasteiger partial charge is 0.253 e. The van der Waals surface area contributed by atoms with E-state index in [-0.39, 0.29) is 12.4 Å². The van der Waals surface area contributed by atoms with Crippen LogP contribution in [0.2, 0.25) is 0 Å². The van der Waals surface area contributed by atoms with Crippen molar-refractivity contribution in [3.8, 4) is 11.5 Å². The molecule has 2 heterocycles. The second-order valence-corrected chi connectivity index (χ2v) is 9.09. The molecular formula is C28H27N3O3S. The minimum Gasteiger partial charge on any atom is -0.454 e. The molecule has 0 saturated carbocycles. The van der Waals surface area contributed by atoms with Gasteiger partial charge in [0, 0.05) is 23.3 Å². The van der Waals surface area contributed by atoms with Gasteiger partial charge in [0.15, 0.2) is 16.6 Å². The second-order valence-electron chi connectivity index (χ2n) is 8.70. The van der Waals surface area contributed by atoms with Crippen molar-refractivity contribution < 1.29 is 9.47 Å². The van der Waals surface area contributed by atoms with Crippen LogP contribution in [0, 0.1) is 6.92 Å². The number of nitrogens with one attached hydrogen (secondary N) is 2. The number of aromatic amines is 1. The average Bonchev–Trinajstić information content (AvgIpc) is 3.32. The first-order valence-corrected chi connectivity index (χ1v) is 12.1. The van der Waals surface area contributed by atoms with E-state index in [0.29, 0.717) is 23.8 Å². The maximum absolute atomic E-state index is 13.0. The molecule has 35 heavy (non-hydrogen) atoms. The summed E-state index contributed by atoms with van der Waals surface area (Å²) in [5.74, 6) is 1.45. The molecule has 0 spiro atoms. The van der Waals surface area contributed by atoms with Gasteiger partial charge in [0.25, 0.3) is 5.56 Å². The molecule has 0 saturated heterocycles. The van der Waals surface area contributed by atoms with Crippen LogP contribution in [-0.4, -0.2) is 21.8 Å². The first-order chi connectivity index (χ1) is 17.0. The van der Waals surface area contributed by atoms with Gasteiger partial charge in [-0.2, -0.15) is 0 Å². The van der Waals surface area contributed by atoms with Crippen molar-refractivity contribution in [1.29, 1.82) is 0 Å². The van der Waals surface area contributed by atoms with Crippen molar-refractivity contribution in [2.75, 3.05) is 12.1 Å². The van der Waals surface area contributed by atoms with Gasteiger partial charge in [0.05, 0.1) is 6.54 Å². The number of nitrogens with zero attached hydrogens (tertiary/aromatic N) is 1. The number of para-hydroxylation sites is 1. The summed E-state index contributed by atoms with van der Waals surface area (Å²) in [7, 11) is 0. The lowest BCUT2D eigenvalue weighted by Gasteiger charge is -2.27. The van der Waals surface area contributed by atoms with Crippen LogP contribution in [0.15, 0.2) is 71.5 Å². The minimum absolute atomic E-state index is 0.117. The van der Waals surface area contributed by atoms with Crippen molar-refractivity contribution in [3.05, 3.63) is 99.3 Å². The number of pyridine rings is 1. The Morgan fingerprint density at radius 1 is 1.00 bits per heavy atom. The summed E-state index contributed by atoms with van der Waals surface area (Å²) in [4.78, 5) is 18.0. The Labute approximate surface area is 209 Å². The van der Waals surface area contributed by atoms with Gasteiger partial charge in [-0.1, -0.05) is 42.8 Å². The van der Waals surface area contributed by atoms with Crippen molar-refractivity contribution in [3.63, 3.8) is 0 Å². The van der Waals surface area contributed by atoms with Gasteiger partial charge in [-0.3, -0.25) is 4.79 Å². The molecular weight excluding hydrogens is 458 g/mol. The van der Waals surface area contributed by atoms with E-state index in [1.807, 2.05) is 66.4 Å². The molecule has 1 aliphatic rings. The molecule has 0 unspecified atom stereocenters. The normalized spacial score (nSPS) is 12.1. The number of rotatable bonds is 6. The quantitative estimate of drug-likeness (QED) is 0.350. The maximum atomic E-state index is 13.0. The number of fused-ring (bicyclic) bond motifs is 2. The molecule has 1 aliphatic heterocycles. The fourth-order valence-electron chi connectivity index (χ4n) is 4.30. The van der Waals surface area contributed by atoms with Gasteiger partial charge in [-0.05, 0) is 78.5 Å². The van der Waals surface area contributed by atoms with E-state index in [9.17, 15) is 4.79 Å². The van der Waals surface area contributed by atoms with Gasteiger partial charge < -0.3 is 24.7 Å². The van der Waals surface area contributed by atoms with Crippen LogP contribution in [0.5, 0.6) is 11.5 Å². The van der Waals surface area contributed by atoms with Gasteiger partial charge in [0.1, 0.15) is 0 Å². The first-order valence-electron chi connectivity index (χ1n) is 11.6. The molecule has 7 heteroatoms. The van der Waals surface area contributed by atoms with Gasteiger partial charge in [0.2, 0.25) is 6.79 Å². The Balaban J connectivity index is 1.48. The lowest BCUT2D eigenvalue weighted by atomic mass is 10.1. The maximum Gasteiger partial charge on any atom is 0.253 e. The number of aromatic nitrogens is 1. The van der Waals surface area contributed by atoms with Crippen molar-refractivity contribution in [2.24, 2.45) is 0 Å². The molecule has 178 valence electrons. The lowest BCUT2D eigenvalue weighted by Crippen LogP contribution is -2.35. The van der Waals surface area contributed by atoms with E-state index in [1.165, 1.54) is 5.56 Å². The van der Waals surface area contributed by atoms with Crippen LogP contribution >= 0.6 is 12.2 Å². The van der Waals surface area contributed by atoms with Crippen LogP contribution in [-0.2, 0) is 19.5 Å². The zero-order valence-electron chi connectivity index (χ0n) is 19.8. The molecule has 3 aromatic carbocycles. The lowest BCUT2D eigenvalue weighted by molar-refractivity contribution is 0.174. The van der Waals surface area contributed by atoms with Crippen LogP contribution in [0.3, 0.4) is 0 Å². The Bertz CT molecular complexity index is 1460. The number of H-pyrrole nitrogens is 1. The number of aryl methyl sites for hydroxylation is 2. The standard InChI is InChI=1S/C28H27N3O3S/c1-3-20-6-4-5-7-23(20)30-28(35)31(15-19-9-11-25-26(13-19)34-17-33-25)16-22-14-21-12-18(2)8-10-24(21)29-27(22)32/h4-14H,3,15-17H2,1-2H3,(H,29,32)(H,30,35). The molecule has 2 N–H and O–H groups in total. The predicted octanol–water partition coefficient (Wildman–Crippen LogP) is 5.53. The van der Waals surface area contributed by atoms with E-state index in [1.54, 1.807) is 0 Å². The number of thiocarbonyl (C=S) groups is 1. The summed E-state index contributed by atoms with van der Waals surface area (Å²) in [6, 6.07) is 22.0. The fourth-order valence-corrected chi connectivity index (χ4v) is 4.54. The highest BCUT2D eigenvalue weighted by Crippen LogP contribution is 2.33. The Kier molecular flexibility index (Phi) is 6.42. The van der Waals surface area contributed by atoms with Crippen molar-refractivity contribution in [2.45, 2.75) is 33.4 Å². The van der Waals surface area contributed by atoms with Crippen LogP contribution < -0.4 is 20.3 Å². The van der Waals surface area contributed by atoms with E-state index in [4.69, 9.17) is 21.7 Å². The van der Waals surface area contributed by atoms with Crippen LogP contribution in [0.1, 0.15) is 29.2 Å². The number of hydrogen-bond acceptors (Lipinski definition) is 4. The topological polar surface area (TPSA) is 66.6 Å². The fraction of sp³-hybridized carbons (Fsp3) is 0.214. The summed E-state index contributed by atoms with van der Waals surface area (Å²) < 4.78 is 11.0. The number of ether oxygens (including phenoxy) is 2. The molecule has 0 aliphatic carbocycles. The van der Waals surface area contributed by atoms with E-state index in [2.05, 4.69) is 29.4 Å². The molecule has 0 bridgehead atoms. The largest absolute Gasteiger partial charge is 0.454 e. The summed E-state index contributed by atoms with van der Waals surface area (Å²) in [6.45, 7) is 5.24. The second kappa shape index (κ2) is 9.80. The molecule has 4 aromatic rings. The number of benzene rings is 3. The van der Waals surface area contributed by atoms with E-state index >= 15 is 0 Å². The first kappa shape index (κ1) is 22.9. The third kappa shape index (κ3) is 5.00. The van der Waals surface area contributed by atoms with E-state index in [0.717, 1.165) is 45.6 Å². The predicted molar refractivity (Wildman–Crippen MR) is 143 cm³/mol. The summed E-state index contributed by atoms with van der Waals surface area (Å²) in [6.07, 6.45) is 0.887. The van der Waals surface area contributed by atoms with Crippen LogP contribution in [0.25, 0.3) is 10.9 Å². The Morgan fingerprint density at radius 2 is 1.83 bits per heavy atom. The van der Waals surface area contributed by atoms with E-state index < -0.39 is 0 Å².